The molecule has 0 aromatic heterocycles. The number of hydrogen-bond donors (Lipinski definition) is 0. The lowest BCUT2D eigenvalue weighted by Gasteiger charge is -2.36. The fourth-order valence-electron chi connectivity index (χ4n) is 1.00. The number of halogens is 2. The van der Waals surface area contributed by atoms with Crippen LogP contribution >= 0.6 is 31.9 Å². The number of rotatable bonds is 6. The van der Waals surface area contributed by atoms with Crippen molar-refractivity contribution in [3.8, 4) is 0 Å². The molecule has 0 aliphatic carbocycles. The second kappa shape index (κ2) is 7.34. The van der Waals surface area contributed by atoms with Gasteiger partial charge in [0.15, 0.2) is 8.32 Å². The van der Waals surface area contributed by atoms with Gasteiger partial charge in [-0.1, -0.05) is 26.8 Å². The van der Waals surface area contributed by atoms with Gasteiger partial charge in [-0.15, -0.1) is 0 Å². The highest BCUT2D eigenvalue weighted by Crippen LogP contribution is 2.36. The topological polar surface area (TPSA) is 9.23 Å². The van der Waals surface area contributed by atoms with E-state index >= 15 is 0 Å². The van der Waals surface area contributed by atoms with Gasteiger partial charge in [0, 0.05) is 6.61 Å². The maximum absolute atomic E-state index is 6.10. The molecule has 0 spiro atoms. The van der Waals surface area contributed by atoms with Crippen molar-refractivity contribution in [3.05, 3.63) is 9.47 Å². The molecule has 0 rings (SSSR count). The Hall–Kier alpha value is 0.877. The molecule has 0 aliphatic heterocycles. The van der Waals surface area contributed by atoms with Gasteiger partial charge in [0.1, 0.15) is 0 Å². The SMILES string of the molecule is CC(C)(C)[Si](C)(C)OCCCCC=C(Br)Br. The van der Waals surface area contributed by atoms with E-state index in [1.54, 1.807) is 0 Å². The van der Waals surface area contributed by atoms with E-state index in [9.17, 15) is 0 Å². The van der Waals surface area contributed by atoms with Crippen molar-refractivity contribution >= 4 is 40.2 Å². The molecule has 0 saturated carbocycles. The Morgan fingerprint density at radius 3 is 2.19 bits per heavy atom. The standard InChI is InChI=1S/C12H24Br2OSi/c1-12(2,3)16(4,5)15-10-8-6-7-9-11(13)14/h9H,6-8,10H2,1-5H3. The van der Waals surface area contributed by atoms with Crippen LogP contribution in [-0.2, 0) is 4.43 Å². The monoisotopic (exact) mass is 370 g/mol. The van der Waals surface area contributed by atoms with Crippen LogP contribution in [0.15, 0.2) is 9.47 Å². The van der Waals surface area contributed by atoms with Crippen molar-refractivity contribution in [2.45, 2.75) is 58.2 Å². The van der Waals surface area contributed by atoms with E-state index in [1.807, 2.05) is 0 Å². The number of hydrogen-bond acceptors (Lipinski definition) is 1. The first-order valence-electron chi connectivity index (χ1n) is 5.82. The lowest BCUT2D eigenvalue weighted by Crippen LogP contribution is -2.40. The van der Waals surface area contributed by atoms with Crippen LogP contribution in [0, 0.1) is 0 Å². The third kappa shape index (κ3) is 7.25. The quantitative estimate of drug-likeness (QED) is 0.422. The molecule has 0 bridgehead atoms. The van der Waals surface area contributed by atoms with Gasteiger partial charge in [-0.2, -0.15) is 0 Å². The minimum absolute atomic E-state index is 0.325. The molecule has 0 aliphatic rings. The summed E-state index contributed by atoms with van der Waals surface area (Å²) in [5, 5.41) is 0.325. The summed E-state index contributed by atoms with van der Waals surface area (Å²) in [7, 11) is -1.52. The molecule has 0 aromatic rings. The molecule has 0 aromatic carbocycles. The zero-order chi connectivity index (χ0) is 12.8. The largest absolute Gasteiger partial charge is 0.417 e. The molecular formula is C12H24Br2OSi. The average Bonchev–Trinajstić information content (AvgIpc) is 2.08. The fourth-order valence-corrected chi connectivity index (χ4v) is 2.55. The summed E-state index contributed by atoms with van der Waals surface area (Å²) < 4.78 is 7.14. The summed E-state index contributed by atoms with van der Waals surface area (Å²) >= 11 is 6.71. The molecule has 0 atom stereocenters. The van der Waals surface area contributed by atoms with Crippen LogP contribution in [-0.4, -0.2) is 14.9 Å². The maximum atomic E-state index is 6.10. The van der Waals surface area contributed by atoms with Gasteiger partial charge in [0.05, 0.1) is 3.39 Å². The van der Waals surface area contributed by atoms with Crippen molar-refractivity contribution in [1.29, 1.82) is 0 Å². The van der Waals surface area contributed by atoms with E-state index in [1.165, 1.54) is 6.42 Å². The van der Waals surface area contributed by atoms with Gasteiger partial charge in [-0.3, -0.25) is 0 Å². The Kier molecular flexibility index (Phi) is 7.74. The van der Waals surface area contributed by atoms with Crippen molar-refractivity contribution in [2.24, 2.45) is 0 Å². The smallest absolute Gasteiger partial charge is 0.191 e. The summed E-state index contributed by atoms with van der Waals surface area (Å²) in [6.07, 6.45) is 5.59. The first-order valence-corrected chi connectivity index (χ1v) is 10.3. The van der Waals surface area contributed by atoms with E-state index in [-0.39, 0.29) is 0 Å². The highest BCUT2D eigenvalue weighted by Gasteiger charge is 2.36. The molecule has 0 saturated heterocycles. The Morgan fingerprint density at radius 2 is 1.75 bits per heavy atom. The van der Waals surface area contributed by atoms with Crippen LogP contribution in [0.4, 0.5) is 0 Å². The second-order valence-electron chi connectivity index (χ2n) is 5.60. The summed E-state index contributed by atoms with van der Waals surface area (Å²) in [6.45, 7) is 12.4. The maximum Gasteiger partial charge on any atom is 0.191 e. The van der Waals surface area contributed by atoms with Crippen molar-refractivity contribution in [2.75, 3.05) is 6.61 Å². The summed E-state index contributed by atoms with van der Waals surface area (Å²) in [5.74, 6) is 0. The minimum atomic E-state index is -1.52. The van der Waals surface area contributed by atoms with Crippen LogP contribution in [0.2, 0.25) is 18.1 Å². The Balaban J connectivity index is 3.71. The van der Waals surface area contributed by atoms with Crippen LogP contribution in [0.25, 0.3) is 0 Å². The van der Waals surface area contributed by atoms with E-state index in [2.05, 4.69) is 71.8 Å². The van der Waals surface area contributed by atoms with Gasteiger partial charge >= 0.3 is 0 Å². The Bertz CT molecular complexity index is 228. The molecule has 0 heterocycles. The van der Waals surface area contributed by atoms with E-state index in [0.29, 0.717) is 5.04 Å². The predicted octanol–water partition coefficient (Wildman–Crippen LogP) is 5.81. The minimum Gasteiger partial charge on any atom is -0.417 e. The molecule has 1 nitrogen and oxygen atoms in total. The fraction of sp³-hybridized carbons (Fsp3) is 0.833. The lowest BCUT2D eigenvalue weighted by atomic mass is 10.2. The molecule has 96 valence electrons. The highest BCUT2D eigenvalue weighted by atomic mass is 79.9. The van der Waals surface area contributed by atoms with Crippen molar-refractivity contribution in [1.82, 2.24) is 0 Å². The summed E-state index contributed by atoms with van der Waals surface area (Å²) in [6, 6.07) is 0. The zero-order valence-corrected chi connectivity index (χ0v) is 15.2. The van der Waals surface area contributed by atoms with Gasteiger partial charge in [-0.05, 0) is 69.3 Å². The molecule has 0 N–H and O–H groups in total. The Morgan fingerprint density at radius 1 is 1.19 bits per heavy atom. The molecule has 16 heavy (non-hydrogen) atoms. The molecule has 0 unspecified atom stereocenters. The highest BCUT2D eigenvalue weighted by molar-refractivity contribution is 9.28. The van der Waals surface area contributed by atoms with Crippen LogP contribution in [0.5, 0.6) is 0 Å². The predicted molar refractivity (Wildman–Crippen MR) is 82.9 cm³/mol. The molecule has 0 radical (unpaired) electrons. The van der Waals surface area contributed by atoms with Crippen molar-refractivity contribution in [3.63, 3.8) is 0 Å². The van der Waals surface area contributed by atoms with Crippen LogP contribution < -0.4 is 0 Å². The van der Waals surface area contributed by atoms with Crippen molar-refractivity contribution < 1.29 is 4.43 Å². The molecular weight excluding hydrogens is 348 g/mol. The van der Waals surface area contributed by atoms with Gasteiger partial charge < -0.3 is 4.43 Å². The van der Waals surface area contributed by atoms with E-state index in [4.69, 9.17) is 4.43 Å². The molecule has 0 fully saturated rings. The molecule has 4 heteroatoms. The van der Waals surface area contributed by atoms with Gasteiger partial charge in [0.25, 0.3) is 0 Å². The van der Waals surface area contributed by atoms with Crippen LogP contribution in [0.3, 0.4) is 0 Å². The first-order chi connectivity index (χ1) is 7.17. The third-order valence-electron chi connectivity index (χ3n) is 3.17. The Labute approximate surface area is 118 Å². The normalized spacial score (nSPS) is 12.7. The first kappa shape index (κ1) is 16.9. The second-order valence-corrected chi connectivity index (χ2v) is 13.2. The van der Waals surface area contributed by atoms with Crippen LogP contribution in [0.1, 0.15) is 40.0 Å². The van der Waals surface area contributed by atoms with E-state index in [0.717, 1.165) is 22.8 Å². The molecule has 0 amide bonds. The third-order valence-corrected chi connectivity index (χ3v) is 8.35. The average molecular weight is 372 g/mol. The van der Waals surface area contributed by atoms with Gasteiger partial charge in [-0.25, -0.2) is 0 Å². The number of allylic oxidation sites excluding steroid dienone is 1. The summed E-state index contributed by atoms with van der Waals surface area (Å²) in [4.78, 5) is 0. The lowest BCUT2D eigenvalue weighted by molar-refractivity contribution is 0.279. The zero-order valence-electron chi connectivity index (χ0n) is 11.1. The van der Waals surface area contributed by atoms with E-state index < -0.39 is 8.32 Å². The summed E-state index contributed by atoms with van der Waals surface area (Å²) in [5.41, 5.74) is 0. The number of unbranched alkanes of at least 4 members (excludes halogenated alkanes) is 2. The van der Waals surface area contributed by atoms with Gasteiger partial charge in [0.2, 0.25) is 0 Å².